The van der Waals surface area contributed by atoms with Crippen molar-refractivity contribution in [1.82, 2.24) is 10.6 Å². The standard InChI is InChI=1S/C14H15ClN2O2/c1-4-14(2,3)17-13(19)16-12(18)11(15)10-8-6-5-7-9-10/h1,5-9,11H,2-3H3,(H2,16,17,18,19)/t11-/m0/s1. The number of halogens is 1. The van der Waals surface area contributed by atoms with Crippen molar-refractivity contribution in [3.8, 4) is 12.3 Å². The molecule has 1 aromatic rings. The summed E-state index contributed by atoms with van der Waals surface area (Å²) in [4.78, 5) is 23.3. The number of imide groups is 1. The fourth-order valence-electron chi connectivity index (χ4n) is 1.30. The summed E-state index contributed by atoms with van der Waals surface area (Å²) in [5.74, 6) is 1.79. The molecular weight excluding hydrogens is 264 g/mol. The number of urea groups is 1. The van der Waals surface area contributed by atoms with E-state index in [1.54, 1.807) is 38.1 Å². The monoisotopic (exact) mass is 278 g/mol. The van der Waals surface area contributed by atoms with Crippen LogP contribution in [0.5, 0.6) is 0 Å². The van der Waals surface area contributed by atoms with Gasteiger partial charge in [-0.15, -0.1) is 18.0 Å². The highest BCUT2D eigenvalue weighted by Crippen LogP contribution is 2.19. The Morgan fingerprint density at radius 1 is 1.32 bits per heavy atom. The first kappa shape index (κ1) is 15.1. The molecule has 5 heteroatoms. The molecule has 0 aliphatic carbocycles. The first-order valence-corrected chi connectivity index (χ1v) is 6.09. The minimum absolute atomic E-state index is 0.599. The highest BCUT2D eigenvalue weighted by atomic mass is 35.5. The number of hydrogen-bond acceptors (Lipinski definition) is 2. The summed E-state index contributed by atoms with van der Waals surface area (Å²) in [6.07, 6.45) is 5.23. The lowest BCUT2D eigenvalue weighted by Crippen LogP contribution is -2.49. The van der Waals surface area contributed by atoms with Crippen molar-refractivity contribution >= 4 is 23.5 Å². The first-order chi connectivity index (χ1) is 8.85. The van der Waals surface area contributed by atoms with Crippen molar-refractivity contribution in [3.63, 3.8) is 0 Å². The molecule has 0 bridgehead atoms. The number of carbonyl (C=O) groups excluding carboxylic acids is 2. The molecule has 1 atom stereocenters. The van der Waals surface area contributed by atoms with Gasteiger partial charge in [0, 0.05) is 0 Å². The van der Waals surface area contributed by atoms with Crippen molar-refractivity contribution in [2.24, 2.45) is 0 Å². The highest BCUT2D eigenvalue weighted by Gasteiger charge is 2.22. The number of alkyl halides is 1. The minimum atomic E-state index is -0.930. The maximum atomic E-state index is 11.8. The molecule has 0 fully saturated rings. The van der Waals surface area contributed by atoms with E-state index < -0.39 is 22.9 Å². The van der Waals surface area contributed by atoms with Crippen LogP contribution in [0.15, 0.2) is 30.3 Å². The lowest BCUT2D eigenvalue weighted by Gasteiger charge is -2.20. The average molecular weight is 279 g/mol. The van der Waals surface area contributed by atoms with Crippen LogP contribution < -0.4 is 10.6 Å². The Bertz CT molecular complexity index is 506. The van der Waals surface area contributed by atoms with Crippen LogP contribution in [0.1, 0.15) is 24.8 Å². The van der Waals surface area contributed by atoms with Crippen LogP contribution in [0, 0.1) is 12.3 Å². The second-order valence-electron chi connectivity index (χ2n) is 4.49. The summed E-state index contributed by atoms with van der Waals surface area (Å²) in [5.41, 5.74) is -0.218. The molecule has 19 heavy (non-hydrogen) atoms. The molecule has 0 saturated carbocycles. The van der Waals surface area contributed by atoms with Gasteiger partial charge in [0.1, 0.15) is 5.38 Å². The normalized spacial score (nSPS) is 12.1. The van der Waals surface area contributed by atoms with E-state index in [0.717, 1.165) is 0 Å². The Hall–Kier alpha value is -1.99. The predicted octanol–water partition coefficient (Wildman–Crippen LogP) is 2.20. The van der Waals surface area contributed by atoms with E-state index in [1.807, 2.05) is 6.07 Å². The zero-order chi connectivity index (χ0) is 14.5. The lowest BCUT2D eigenvalue weighted by atomic mass is 10.1. The molecule has 1 rings (SSSR count). The number of terminal acetylenes is 1. The number of carbonyl (C=O) groups is 2. The van der Waals surface area contributed by atoms with Crippen molar-refractivity contribution in [2.75, 3.05) is 0 Å². The lowest BCUT2D eigenvalue weighted by molar-refractivity contribution is -0.119. The van der Waals surface area contributed by atoms with Crippen LogP contribution in [-0.4, -0.2) is 17.5 Å². The molecule has 0 aliphatic heterocycles. The quantitative estimate of drug-likeness (QED) is 0.658. The van der Waals surface area contributed by atoms with Crippen LogP contribution in [0.25, 0.3) is 0 Å². The molecule has 1 aromatic carbocycles. The van der Waals surface area contributed by atoms with Crippen LogP contribution in [0.2, 0.25) is 0 Å². The van der Waals surface area contributed by atoms with Crippen molar-refractivity contribution < 1.29 is 9.59 Å². The van der Waals surface area contributed by atoms with Gasteiger partial charge in [-0.2, -0.15) is 0 Å². The van der Waals surface area contributed by atoms with Gasteiger partial charge in [-0.25, -0.2) is 4.79 Å². The van der Waals surface area contributed by atoms with E-state index in [-0.39, 0.29) is 0 Å². The Labute approximate surface area is 117 Å². The Balaban J connectivity index is 2.61. The summed E-state index contributed by atoms with van der Waals surface area (Å²) in [6, 6.07) is 8.09. The second-order valence-corrected chi connectivity index (χ2v) is 4.92. The smallest absolute Gasteiger partial charge is 0.322 e. The third-order valence-electron chi connectivity index (χ3n) is 2.35. The molecule has 0 heterocycles. The van der Waals surface area contributed by atoms with E-state index in [2.05, 4.69) is 16.6 Å². The summed E-state index contributed by atoms with van der Waals surface area (Å²) in [5, 5.41) is 3.70. The van der Waals surface area contributed by atoms with Crippen LogP contribution in [0.4, 0.5) is 4.79 Å². The Morgan fingerprint density at radius 3 is 2.42 bits per heavy atom. The van der Waals surface area contributed by atoms with Crippen LogP contribution >= 0.6 is 11.6 Å². The van der Waals surface area contributed by atoms with Crippen molar-refractivity contribution in [2.45, 2.75) is 24.8 Å². The third-order valence-corrected chi connectivity index (χ3v) is 2.80. The van der Waals surface area contributed by atoms with Gasteiger partial charge in [-0.05, 0) is 19.4 Å². The summed E-state index contributed by atoms with van der Waals surface area (Å²) < 4.78 is 0. The van der Waals surface area contributed by atoms with Crippen LogP contribution in [-0.2, 0) is 4.79 Å². The van der Waals surface area contributed by atoms with Gasteiger partial charge >= 0.3 is 6.03 Å². The largest absolute Gasteiger partial charge is 0.322 e. The average Bonchev–Trinajstić information content (AvgIpc) is 2.38. The van der Waals surface area contributed by atoms with Gasteiger partial charge in [-0.3, -0.25) is 10.1 Å². The number of amides is 3. The Morgan fingerprint density at radius 2 is 1.89 bits per heavy atom. The first-order valence-electron chi connectivity index (χ1n) is 5.65. The number of hydrogen-bond donors (Lipinski definition) is 2. The SMILES string of the molecule is C#CC(C)(C)NC(=O)NC(=O)[C@@H](Cl)c1ccccc1. The van der Waals surface area contributed by atoms with Crippen LogP contribution in [0.3, 0.4) is 0 Å². The molecule has 0 aromatic heterocycles. The minimum Gasteiger partial charge on any atom is -0.322 e. The number of rotatable bonds is 3. The highest BCUT2D eigenvalue weighted by molar-refractivity contribution is 6.31. The van der Waals surface area contributed by atoms with Gasteiger partial charge in [0.15, 0.2) is 0 Å². The summed E-state index contributed by atoms with van der Waals surface area (Å²) in [6.45, 7) is 3.29. The van der Waals surface area contributed by atoms with Gasteiger partial charge in [-0.1, -0.05) is 36.3 Å². The molecule has 0 saturated heterocycles. The zero-order valence-corrected chi connectivity index (χ0v) is 11.5. The maximum absolute atomic E-state index is 11.8. The number of nitrogens with one attached hydrogen (secondary N) is 2. The Kier molecular flexibility index (Phi) is 4.96. The molecular formula is C14H15ClN2O2. The molecule has 0 unspecified atom stereocenters. The molecule has 0 spiro atoms. The van der Waals surface area contributed by atoms with Gasteiger partial charge in [0.2, 0.25) is 0 Å². The summed E-state index contributed by atoms with van der Waals surface area (Å²) in [7, 11) is 0. The van der Waals surface area contributed by atoms with E-state index in [9.17, 15) is 9.59 Å². The molecule has 0 radical (unpaired) electrons. The van der Waals surface area contributed by atoms with E-state index in [4.69, 9.17) is 18.0 Å². The fourth-order valence-corrected chi connectivity index (χ4v) is 1.50. The topological polar surface area (TPSA) is 58.2 Å². The van der Waals surface area contributed by atoms with E-state index >= 15 is 0 Å². The summed E-state index contributed by atoms with van der Waals surface area (Å²) >= 11 is 5.97. The fraction of sp³-hybridized carbons (Fsp3) is 0.286. The molecule has 3 amide bonds. The zero-order valence-electron chi connectivity index (χ0n) is 10.7. The molecule has 100 valence electrons. The van der Waals surface area contributed by atoms with E-state index in [1.165, 1.54) is 0 Å². The van der Waals surface area contributed by atoms with E-state index in [0.29, 0.717) is 5.56 Å². The second kappa shape index (κ2) is 6.26. The number of benzene rings is 1. The molecule has 2 N–H and O–H groups in total. The molecule has 0 aliphatic rings. The van der Waals surface area contributed by atoms with Gasteiger partial charge in [0.05, 0.1) is 5.54 Å². The van der Waals surface area contributed by atoms with Gasteiger partial charge < -0.3 is 5.32 Å². The molecule has 4 nitrogen and oxygen atoms in total. The third kappa shape index (κ3) is 4.65. The van der Waals surface area contributed by atoms with Crippen molar-refractivity contribution in [1.29, 1.82) is 0 Å². The maximum Gasteiger partial charge on any atom is 0.322 e. The predicted molar refractivity (Wildman–Crippen MR) is 74.6 cm³/mol. The van der Waals surface area contributed by atoms with Crippen molar-refractivity contribution in [3.05, 3.63) is 35.9 Å². The van der Waals surface area contributed by atoms with Gasteiger partial charge in [0.25, 0.3) is 5.91 Å².